The van der Waals surface area contributed by atoms with Crippen molar-refractivity contribution < 1.29 is 9.84 Å². The Kier molecular flexibility index (Phi) is 3.81. The molecule has 0 radical (unpaired) electrons. The summed E-state index contributed by atoms with van der Waals surface area (Å²) in [7, 11) is 0. The summed E-state index contributed by atoms with van der Waals surface area (Å²) in [6.45, 7) is 8.32. The van der Waals surface area contributed by atoms with Crippen LogP contribution < -0.4 is 4.74 Å². The van der Waals surface area contributed by atoms with Gasteiger partial charge in [-0.05, 0) is 16.9 Å². The molecular formula is C17H22O2. The van der Waals surface area contributed by atoms with Crippen molar-refractivity contribution in [2.24, 2.45) is 11.3 Å². The normalized spacial score (nSPS) is 15.2. The largest absolute Gasteiger partial charge is 0.464 e. The van der Waals surface area contributed by atoms with Gasteiger partial charge in [0.1, 0.15) is 5.75 Å². The molecule has 2 unspecified atom stereocenters. The average molecular weight is 258 g/mol. The van der Waals surface area contributed by atoms with Crippen molar-refractivity contribution >= 4 is 10.8 Å². The number of ether oxygens (including phenoxy) is 1. The Morgan fingerprint density at radius 1 is 1.00 bits per heavy atom. The van der Waals surface area contributed by atoms with Gasteiger partial charge in [0.2, 0.25) is 0 Å². The molecule has 0 amide bonds. The molecule has 2 atom stereocenters. The number of aliphatic hydroxyl groups is 1. The third-order valence-electron chi connectivity index (χ3n) is 3.79. The molecular weight excluding hydrogens is 236 g/mol. The molecule has 2 rings (SSSR count). The van der Waals surface area contributed by atoms with Gasteiger partial charge in [0.15, 0.2) is 6.29 Å². The zero-order valence-corrected chi connectivity index (χ0v) is 12.1. The monoisotopic (exact) mass is 258 g/mol. The van der Waals surface area contributed by atoms with Crippen molar-refractivity contribution in [1.29, 1.82) is 0 Å². The van der Waals surface area contributed by atoms with E-state index < -0.39 is 6.29 Å². The molecule has 0 fully saturated rings. The smallest absolute Gasteiger partial charge is 0.200 e. The van der Waals surface area contributed by atoms with E-state index in [9.17, 15) is 5.11 Å². The topological polar surface area (TPSA) is 29.5 Å². The molecule has 0 heterocycles. The lowest BCUT2D eigenvalue weighted by Crippen LogP contribution is -2.33. The fourth-order valence-corrected chi connectivity index (χ4v) is 1.96. The van der Waals surface area contributed by atoms with Crippen LogP contribution in [0.3, 0.4) is 0 Å². The minimum absolute atomic E-state index is 0.00397. The molecule has 0 aliphatic carbocycles. The maximum Gasteiger partial charge on any atom is 0.200 e. The number of hydrogen-bond donors (Lipinski definition) is 1. The van der Waals surface area contributed by atoms with E-state index in [0.29, 0.717) is 0 Å². The van der Waals surface area contributed by atoms with Crippen molar-refractivity contribution in [3.63, 3.8) is 0 Å². The van der Waals surface area contributed by atoms with Crippen LogP contribution in [0.5, 0.6) is 5.75 Å². The molecule has 0 saturated carbocycles. The summed E-state index contributed by atoms with van der Waals surface area (Å²) < 4.78 is 5.77. The van der Waals surface area contributed by atoms with Crippen LogP contribution in [0.4, 0.5) is 0 Å². The minimum Gasteiger partial charge on any atom is -0.464 e. The van der Waals surface area contributed by atoms with Gasteiger partial charge >= 0.3 is 0 Å². The Morgan fingerprint density at radius 3 is 2.32 bits per heavy atom. The molecule has 0 saturated heterocycles. The molecule has 0 aliphatic heterocycles. The molecule has 102 valence electrons. The van der Waals surface area contributed by atoms with Crippen LogP contribution in [0.25, 0.3) is 10.8 Å². The lowest BCUT2D eigenvalue weighted by atomic mass is 9.82. The Hall–Kier alpha value is -1.54. The second kappa shape index (κ2) is 5.22. The number of rotatable bonds is 3. The van der Waals surface area contributed by atoms with E-state index in [1.165, 1.54) is 0 Å². The highest BCUT2D eigenvalue weighted by atomic mass is 16.6. The summed E-state index contributed by atoms with van der Waals surface area (Å²) in [6.07, 6.45) is -0.800. The second-order valence-electron chi connectivity index (χ2n) is 6.14. The number of aliphatic hydroxyl groups excluding tert-OH is 1. The van der Waals surface area contributed by atoms with Gasteiger partial charge in [-0.15, -0.1) is 0 Å². The Balaban J connectivity index is 2.27. The fourth-order valence-electron chi connectivity index (χ4n) is 1.96. The maximum absolute atomic E-state index is 10.2. The van der Waals surface area contributed by atoms with Gasteiger partial charge in [0.25, 0.3) is 0 Å². The summed E-state index contributed by atoms with van der Waals surface area (Å²) in [5, 5.41) is 12.4. The molecule has 1 N–H and O–H groups in total. The number of hydrogen-bond acceptors (Lipinski definition) is 2. The summed E-state index contributed by atoms with van der Waals surface area (Å²) >= 11 is 0. The van der Waals surface area contributed by atoms with Crippen LogP contribution in [0.2, 0.25) is 0 Å². The zero-order valence-electron chi connectivity index (χ0n) is 12.1. The van der Waals surface area contributed by atoms with Crippen LogP contribution >= 0.6 is 0 Å². The highest BCUT2D eigenvalue weighted by Crippen LogP contribution is 2.32. The lowest BCUT2D eigenvalue weighted by molar-refractivity contribution is -0.0870. The average Bonchev–Trinajstić information content (AvgIpc) is 2.37. The van der Waals surface area contributed by atoms with Gasteiger partial charge in [0, 0.05) is 11.3 Å². The van der Waals surface area contributed by atoms with Crippen LogP contribution in [-0.2, 0) is 0 Å². The molecule has 2 heteroatoms. The summed E-state index contributed by atoms with van der Waals surface area (Å²) in [5.41, 5.74) is 0.00397. The SMILES string of the molecule is CC(C(O)Oc1cccc2ccccc12)C(C)(C)C. The molecule has 0 spiro atoms. The first kappa shape index (κ1) is 13.9. The van der Waals surface area contributed by atoms with E-state index in [4.69, 9.17) is 4.74 Å². The van der Waals surface area contributed by atoms with Gasteiger partial charge in [0.05, 0.1) is 0 Å². The van der Waals surface area contributed by atoms with Crippen LogP contribution in [-0.4, -0.2) is 11.4 Å². The van der Waals surface area contributed by atoms with E-state index in [1.807, 2.05) is 49.4 Å². The molecule has 2 nitrogen and oxygen atoms in total. The van der Waals surface area contributed by atoms with Gasteiger partial charge in [-0.25, -0.2) is 0 Å². The van der Waals surface area contributed by atoms with E-state index in [1.54, 1.807) is 0 Å². The molecule has 0 bridgehead atoms. The van der Waals surface area contributed by atoms with Gasteiger partial charge in [-0.3, -0.25) is 0 Å². The summed E-state index contributed by atoms with van der Waals surface area (Å²) in [5.74, 6) is 0.785. The third-order valence-corrected chi connectivity index (χ3v) is 3.79. The van der Waals surface area contributed by atoms with Crippen LogP contribution in [0.1, 0.15) is 27.7 Å². The Labute approximate surface area is 115 Å². The Morgan fingerprint density at radius 2 is 1.63 bits per heavy atom. The predicted octanol–water partition coefficient (Wildman–Crippen LogP) is 4.22. The van der Waals surface area contributed by atoms with Gasteiger partial charge in [-0.2, -0.15) is 0 Å². The van der Waals surface area contributed by atoms with Gasteiger partial charge in [-0.1, -0.05) is 64.1 Å². The third kappa shape index (κ3) is 3.07. The second-order valence-corrected chi connectivity index (χ2v) is 6.14. The fraction of sp³-hybridized carbons (Fsp3) is 0.412. The molecule has 0 aromatic heterocycles. The van der Waals surface area contributed by atoms with Crippen molar-refractivity contribution in [1.82, 2.24) is 0 Å². The van der Waals surface area contributed by atoms with E-state index in [-0.39, 0.29) is 11.3 Å². The molecule has 2 aromatic carbocycles. The van der Waals surface area contributed by atoms with Crippen molar-refractivity contribution in [3.05, 3.63) is 42.5 Å². The van der Waals surface area contributed by atoms with Crippen LogP contribution in [0, 0.1) is 11.3 Å². The molecule has 19 heavy (non-hydrogen) atoms. The molecule has 2 aromatic rings. The van der Waals surface area contributed by atoms with Crippen LogP contribution in [0.15, 0.2) is 42.5 Å². The standard InChI is InChI=1S/C17H22O2/c1-12(17(2,3)4)16(18)19-15-11-7-9-13-8-5-6-10-14(13)15/h5-12,16,18H,1-4H3. The number of fused-ring (bicyclic) bond motifs is 1. The minimum atomic E-state index is -0.800. The quantitative estimate of drug-likeness (QED) is 0.835. The van der Waals surface area contributed by atoms with Crippen molar-refractivity contribution in [2.45, 2.75) is 34.0 Å². The Bertz CT molecular complexity index is 549. The lowest BCUT2D eigenvalue weighted by Gasteiger charge is -2.31. The first-order valence-electron chi connectivity index (χ1n) is 6.72. The summed E-state index contributed by atoms with van der Waals surface area (Å²) in [6, 6.07) is 13.9. The predicted molar refractivity (Wildman–Crippen MR) is 79.2 cm³/mol. The van der Waals surface area contributed by atoms with Crippen molar-refractivity contribution in [3.8, 4) is 5.75 Å². The highest BCUT2D eigenvalue weighted by Gasteiger charge is 2.28. The number of benzene rings is 2. The maximum atomic E-state index is 10.2. The molecule has 0 aliphatic rings. The van der Waals surface area contributed by atoms with E-state index in [0.717, 1.165) is 16.5 Å². The van der Waals surface area contributed by atoms with E-state index in [2.05, 4.69) is 20.8 Å². The summed E-state index contributed by atoms with van der Waals surface area (Å²) in [4.78, 5) is 0. The first-order chi connectivity index (χ1) is 8.89. The van der Waals surface area contributed by atoms with Crippen molar-refractivity contribution in [2.75, 3.05) is 0 Å². The van der Waals surface area contributed by atoms with E-state index >= 15 is 0 Å². The first-order valence-corrected chi connectivity index (χ1v) is 6.72. The zero-order chi connectivity index (χ0) is 14.0. The van der Waals surface area contributed by atoms with Gasteiger partial charge < -0.3 is 9.84 Å². The highest BCUT2D eigenvalue weighted by molar-refractivity contribution is 5.88.